The van der Waals surface area contributed by atoms with Crippen molar-refractivity contribution in [1.82, 2.24) is 4.98 Å². The van der Waals surface area contributed by atoms with Gasteiger partial charge in [0.15, 0.2) is 0 Å². The molecule has 0 aliphatic heterocycles. The van der Waals surface area contributed by atoms with Crippen LogP contribution in [-0.2, 0) is 4.79 Å². The van der Waals surface area contributed by atoms with Crippen LogP contribution in [0.3, 0.4) is 0 Å². The molecule has 1 amide bonds. The van der Waals surface area contributed by atoms with Crippen LogP contribution < -0.4 is 5.32 Å². The van der Waals surface area contributed by atoms with E-state index < -0.39 is 0 Å². The number of aromatic nitrogens is 1. The van der Waals surface area contributed by atoms with Crippen LogP contribution in [0.15, 0.2) is 12.3 Å². The maximum atomic E-state index is 10.9. The number of hydrogen-bond donors (Lipinski definition) is 1. The van der Waals surface area contributed by atoms with Gasteiger partial charge in [0.05, 0.1) is 16.4 Å². The number of hydrogen-bond acceptors (Lipinski definition) is 2. The van der Waals surface area contributed by atoms with Gasteiger partial charge in [-0.3, -0.25) is 9.78 Å². The molecule has 0 aromatic carbocycles. The van der Waals surface area contributed by atoms with Crippen LogP contribution in [0.4, 0.5) is 5.69 Å². The van der Waals surface area contributed by atoms with Crippen molar-refractivity contribution in [2.75, 3.05) is 11.2 Å². The highest BCUT2D eigenvalue weighted by Crippen LogP contribution is 2.17. The van der Waals surface area contributed by atoms with Gasteiger partial charge in [-0.1, -0.05) is 11.6 Å². The van der Waals surface area contributed by atoms with E-state index in [1.54, 1.807) is 13.0 Å². The van der Waals surface area contributed by atoms with E-state index in [0.717, 1.165) is 0 Å². The fraction of sp³-hybridized carbons (Fsp3) is 0.250. The van der Waals surface area contributed by atoms with Gasteiger partial charge < -0.3 is 5.32 Å². The van der Waals surface area contributed by atoms with E-state index in [0.29, 0.717) is 16.4 Å². The summed E-state index contributed by atoms with van der Waals surface area (Å²) < 4.78 is 0. The topological polar surface area (TPSA) is 42.0 Å². The Kier molecular flexibility index (Phi) is 3.51. The summed E-state index contributed by atoms with van der Waals surface area (Å²) >= 11 is 11.0. The summed E-state index contributed by atoms with van der Waals surface area (Å²) in [4.78, 5) is 14.9. The highest BCUT2D eigenvalue weighted by atomic mass is 35.5. The highest BCUT2D eigenvalue weighted by molar-refractivity contribution is 6.31. The van der Waals surface area contributed by atoms with Gasteiger partial charge in [-0.05, 0) is 13.0 Å². The second-order valence-electron chi connectivity index (χ2n) is 2.47. The Morgan fingerprint density at radius 3 is 3.00 bits per heavy atom. The molecule has 13 heavy (non-hydrogen) atoms. The third kappa shape index (κ3) is 2.86. The molecule has 0 bridgehead atoms. The minimum absolute atomic E-state index is 0.0774. The molecule has 1 aromatic heterocycles. The van der Waals surface area contributed by atoms with Crippen LogP contribution in [0.2, 0.25) is 5.02 Å². The predicted molar refractivity (Wildman–Crippen MR) is 53.3 cm³/mol. The summed E-state index contributed by atoms with van der Waals surface area (Å²) in [7, 11) is 0. The molecule has 0 radical (unpaired) electrons. The standard InChI is InChI=1S/C8H8Cl2N2O/c1-5-7(12-8(13)3-9)2-6(10)4-11-5/h2,4H,3H2,1H3,(H,12,13). The van der Waals surface area contributed by atoms with E-state index in [1.165, 1.54) is 6.20 Å². The SMILES string of the molecule is Cc1ncc(Cl)cc1NC(=O)CCl. The maximum absolute atomic E-state index is 10.9. The number of aryl methyl sites for hydroxylation is 1. The van der Waals surface area contributed by atoms with E-state index in [9.17, 15) is 4.79 Å². The number of carbonyl (C=O) groups excluding carboxylic acids is 1. The molecule has 1 rings (SSSR count). The molecule has 1 heterocycles. The first-order valence-corrected chi connectivity index (χ1v) is 4.52. The van der Waals surface area contributed by atoms with Gasteiger partial charge in [0.25, 0.3) is 0 Å². The van der Waals surface area contributed by atoms with E-state index in [-0.39, 0.29) is 11.8 Å². The van der Waals surface area contributed by atoms with Crippen molar-refractivity contribution in [2.45, 2.75) is 6.92 Å². The number of anilines is 1. The lowest BCUT2D eigenvalue weighted by molar-refractivity contribution is -0.113. The number of amides is 1. The number of rotatable bonds is 2. The maximum Gasteiger partial charge on any atom is 0.239 e. The van der Waals surface area contributed by atoms with Gasteiger partial charge in [0.1, 0.15) is 5.88 Å². The van der Waals surface area contributed by atoms with Crippen molar-refractivity contribution in [2.24, 2.45) is 0 Å². The summed E-state index contributed by atoms with van der Waals surface area (Å²) in [5.41, 5.74) is 1.31. The molecular formula is C8H8Cl2N2O. The van der Waals surface area contributed by atoms with Gasteiger partial charge in [-0.2, -0.15) is 0 Å². The third-order valence-corrected chi connectivity index (χ3v) is 1.90. The molecule has 0 saturated heterocycles. The first kappa shape index (κ1) is 10.3. The number of alkyl halides is 1. The van der Waals surface area contributed by atoms with Crippen molar-refractivity contribution >= 4 is 34.8 Å². The van der Waals surface area contributed by atoms with Gasteiger partial charge >= 0.3 is 0 Å². The highest BCUT2D eigenvalue weighted by Gasteiger charge is 2.04. The Hall–Kier alpha value is -0.800. The number of nitrogens with one attached hydrogen (secondary N) is 1. The molecule has 0 atom stereocenters. The molecule has 0 saturated carbocycles. The van der Waals surface area contributed by atoms with Gasteiger partial charge in [0, 0.05) is 6.20 Å². The van der Waals surface area contributed by atoms with E-state index in [2.05, 4.69) is 10.3 Å². The number of halogens is 2. The lowest BCUT2D eigenvalue weighted by atomic mass is 10.3. The summed E-state index contributed by atoms with van der Waals surface area (Å²) in [6.07, 6.45) is 1.52. The Labute approximate surface area is 86.1 Å². The van der Waals surface area contributed by atoms with Crippen molar-refractivity contribution in [1.29, 1.82) is 0 Å². The molecule has 70 valence electrons. The van der Waals surface area contributed by atoms with Crippen molar-refractivity contribution in [3.8, 4) is 0 Å². The van der Waals surface area contributed by atoms with E-state index in [1.807, 2.05) is 0 Å². The molecule has 1 aromatic rings. The molecule has 0 aliphatic rings. The number of nitrogens with zero attached hydrogens (tertiary/aromatic N) is 1. The van der Waals surface area contributed by atoms with Gasteiger partial charge in [0.2, 0.25) is 5.91 Å². The monoisotopic (exact) mass is 218 g/mol. The normalized spacial score (nSPS) is 9.77. The lowest BCUT2D eigenvalue weighted by Crippen LogP contribution is -2.13. The summed E-state index contributed by atoms with van der Waals surface area (Å²) in [6.45, 7) is 1.78. The molecule has 0 fully saturated rings. The van der Waals surface area contributed by atoms with Crippen LogP contribution in [0.1, 0.15) is 5.69 Å². The predicted octanol–water partition coefficient (Wildman–Crippen LogP) is 2.22. The summed E-state index contributed by atoms with van der Waals surface area (Å²) in [6, 6.07) is 1.63. The minimum atomic E-state index is -0.270. The Morgan fingerprint density at radius 1 is 1.69 bits per heavy atom. The first-order valence-electron chi connectivity index (χ1n) is 3.61. The number of carbonyl (C=O) groups is 1. The van der Waals surface area contributed by atoms with Crippen molar-refractivity contribution < 1.29 is 4.79 Å². The van der Waals surface area contributed by atoms with Crippen LogP contribution in [0, 0.1) is 6.92 Å². The van der Waals surface area contributed by atoms with Crippen molar-refractivity contribution in [3.05, 3.63) is 23.0 Å². The summed E-state index contributed by atoms with van der Waals surface area (Å²) in [5, 5.41) is 3.06. The van der Waals surface area contributed by atoms with E-state index >= 15 is 0 Å². The zero-order valence-electron chi connectivity index (χ0n) is 6.97. The third-order valence-electron chi connectivity index (χ3n) is 1.45. The molecular weight excluding hydrogens is 211 g/mol. The molecule has 5 heteroatoms. The Balaban J connectivity index is 2.87. The van der Waals surface area contributed by atoms with Gasteiger partial charge in [-0.25, -0.2) is 0 Å². The van der Waals surface area contributed by atoms with Gasteiger partial charge in [-0.15, -0.1) is 11.6 Å². The van der Waals surface area contributed by atoms with Crippen LogP contribution >= 0.6 is 23.2 Å². The summed E-state index contributed by atoms with van der Waals surface area (Å²) in [5.74, 6) is -0.347. The fourth-order valence-corrected chi connectivity index (χ4v) is 1.04. The Morgan fingerprint density at radius 2 is 2.38 bits per heavy atom. The van der Waals surface area contributed by atoms with Crippen molar-refractivity contribution in [3.63, 3.8) is 0 Å². The smallest absolute Gasteiger partial charge is 0.239 e. The molecule has 1 N–H and O–H groups in total. The first-order chi connectivity index (χ1) is 6.13. The quantitative estimate of drug-likeness (QED) is 0.775. The zero-order valence-corrected chi connectivity index (χ0v) is 8.49. The van der Waals surface area contributed by atoms with Crippen LogP contribution in [0.5, 0.6) is 0 Å². The second kappa shape index (κ2) is 4.44. The average molecular weight is 219 g/mol. The second-order valence-corrected chi connectivity index (χ2v) is 3.17. The minimum Gasteiger partial charge on any atom is -0.323 e. The zero-order chi connectivity index (χ0) is 9.84. The van der Waals surface area contributed by atoms with Crippen LogP contribution in [0.25, 0.3) is 0 Å². The van der Waals surface area contributed by atoms with E-state index in [4.69, 9.17) is 23.2 Å². The fourth-order valence-electron chi connectivity index (χ4n) is 0.818. The molecule has 0 spiro atoms. The lowest BCUT2D eigenvalue weighted by Gasteiger charge is -2.05. The molecule has 3 nitrogen and oxygen atoms in total. The van der Waals surface area contributed by atoms with Crippen LogP contribution in [-0.4, -0.2) is 16.8 Å². The number of pyridine rings is 1. The largest absolute Gasteiger partial charge is 0.323 e. The molecule has 0 unspecified atom stereocenters. The Bertz CT molecular complexity index is 328. The average Bonchev–Trinajstić information content (AvgIpc) is 2.11. The molecule has 0 aliphatic carbocycles.